The zero-order valence-electron chi connectivity index (χ0n) is 13.1. The topological polar surface area (TPSA) is 16.1 Å². The van der Waals surface area contributed by atoms with Crippen molar-refractivity contribution in [3.63, 3.8) is 0 Å². The molecule has 1 aromatic rings. The van der Waals surface area contributed by atoms with Gasteiger partial charge in [0.1, 0.15) is 5.82 Å². The molecule has 2 nitrogen and oxygen atoms in total. The zero-order valence-corrected chi connectivity index (χ0v) is 13.1. The summed E-state index contributed by atoms with van der Waals surface area (Å²) in [6.07, 6.45) is 4.54. The van der Waals surface area contributed by atoms with Gasteiger partial charge in [0.25, 0.3) is 0 Å². The van der Waals surface area contributed by atoms with Crippen molar-refractivity contribution >= 4 is 5.82 Å². The fraction of sp³-hybridized carbons (Fsp3) is 0.706. The van der Waals surface area contributed by atoms with Crippen LogP contribution < -0.4 is 4.90 Å². The number of hydrogen-bond acceptors (Lipinski definition) is 2. The van der Waals surface area contributed by atoms with Crippen LogP contribution in [0.3, 0.4) is 0 Å². The fourth-order valence-corrected chi connectivity index (χ4v) is 3.44. The lowest BCUT2D eigenvalue weighted by Gasteiger charge is -2.45. The van der Waals surface area contributed by atoms with E-state index < -0.39 is 0 Å². The van der Waals surface area contributed by atoms with Crippen LogP contribution in [0.2, 0.25) is 0 Å². The highest BCUT2D eigenvalue weighted by molar-refractivity contribution is 5.39. The lowest BCUT2D eigenvalue weighted by molar-refractivity contribution is 0.127. The molecule has 0 N–H and O–H groups in total. The Kier molecular flexibility index (Phi) is 4.17. The molecule has 2 rings (SSSR count). The van der Waals surface area contributed by atoms with Crippen molar-refractivity contribution in [3.8, 4) is 0 Å². The number of anilines is 1. The summed E-state index contributed by atoms with van der Waals surface area (Å²) in [5, 5.41) is 0. The summed E-state index contributed by atoms with van der Waals surface area (Å²) >= 11 is 0. The minimum atomic E-state index is 0.424. The first-order valence-corrected chi connectivity index (χ1v) is 7.59. The Hall–Kier alpha value is -1.05. The molecule has 1 fully saturated rings. The summed E-state index contributed by atoms with van der Waals surface area (Å²) in [7, 11) is 0. The first kappa shape index (κ1) is 14.4. The number of piperidine rings is 1. The van der Waals surface area contributed by atoms with Gasteiger partial charge in [0, 0.05) is 19.3 Å². The molecule has 106 valence electrons. The van der Waals surface area contributed by atoms with Gasteiger partial charge in [-0.15, -0.1) is 0 Å². The summed E-state index contributed by atoms with van der Waals surface area (Å²) in [6.45, 7) is 13.9. The molecule has 0 spiro atoms. The maximum atomic E-state index is 4.58. The Balaban J connectivity index is 2.10. The van der Waals surface area contributed by atoms with Crippen LogP contribution >= 0.6 is 0 Å². The van der Waals surface area contributed by atoms with Crippen LogP contribution in [0, 0.1) is 24.2 Å². The first-order valence-electron chi connectivity index (χ1n) is 7.59. The van der Waals surface area contributed by atoms with Gasteiger partial charge >= 0.3 is 0 Å². The van der Waals surface area contributed by atoms with Crippen molar-refractivity contribution in [1.29, 1.82) is 0 Å². The van der Waals surface area contributed by atoms with Gasteiger partial charge in [-0.2, -0.15) is 0 Å². The van der Waals surface area contributed by atoms with Crippen molar-refractivity contribution in [2.45, 2.75) is 47.5 Å². The molecule has 2 unspecified atom stereocenters. The number of nitrogens with zero attached hydrogens (tertiary/aromatic N) is 2. The van der Waals surface area contributed by atoms with Gasteiger partial charge < -0.3 is 4.90 Å². The molecule has 2 heterocycles. The molecule has 19 heavy (non-hydrogen) atoms. The third-order valence-electron chi connectivity index (χ3n) is 4.59. The van der Waals surface area contributed by atoms with Gasteiger partial charge in [-0.05, 0) is 42.2 Å². The van der Waals surface area contributed by atoms with Crippen molar-refractivity contribution in [2.24, 2.45) is 17.3 Å². The second kappa shape index (κ2) is 5.52. The van der Waals surface area contributed by atoms with Crippen LogP contribution in [0.25, 0.3) is 0 Å². The van der Waals surface area contributed by atoms with E-state index in [4.69, 9.17) is 0 Å². The van der Waals surface area contributed by atoms with Crippen molar-refractivity contribution in [2.75, 3.05) is 18.0 Å². The van der Waals surface area contributed by atoms with E-state index in [1.807, 2.05) is 6.20 Å². The van der Waals surface area contributed by atoms with Crippen molar-refractivity contribution in [3.05, 3.63) is 23.9 Å². The van der Waals surface area contributed by atoms with Crippen LogP contribution in [0.5, 0.6) is 0 Å². The molecule has 0 saturated carbocycles. The van der Waals surface area contributed by atoms with Gasteiger partial charge in [0.05, 0.1) is 0 Å². The monoisotopic (exact) mass is 260 g/mol. The van der Waals surface area contributed by atoms with E-state index in [1.54, 1.807) is 0 Å². The highest BCUT2D eigenvalue weighted by Gasteiger charge is 2.35. The van der Waals surface area contributed by atoms with E-state index in [0.29, 0.717) is 5.41 Å². The number of rotatable bonds is 2. The predicted molar refractivity (Wildman–Crippen MR) is 82.5 cm³/mol. The highest BCUT2D eigenvalue weighted by Crippen LogP contribution is 2.40. The molecule has 0 radical (unpaired) electrons. The van der Waals surface area contributed by atoms with Crippen LogP contribution in [0.4, 0.5) is 5.82 Å². The molecular weight excluding hydrogens is 232 g/mol. The molecule has 0 bridgehead atoms. The average molecular weight is 260 g/mol. The van der Waals surface area contributed by atoms with Gasteiger partial charge in [-0.3, -0.25) is 0 Å². The minimum absolute atomic E-state index is 0.424. The minimum Gasteiger partial charge on any atom is -0.356 e. The Morgan fingerprint density at radius 2 is 2.05 bits per heavy atom. The highest BCUT2D eigenvalue weighted by atomic mass is 15.2. The summed E-state index contributed by atoms with van der Waals surface area (Å²) in [4.78, 5) is 7.05. The second-order valence-corrected chi connectivity index (χ2v) is 7.07. The van der Waals surface area contributed by atoms with Gasteiger partial charge in [0.2, 0.25) is 0 Å². The zero-order chi connectivity index (χ0) is 14.0. The molecule has 1 aromatic heterocycles. The maximum Gasteiger partial charge on any atom is 0.128 e. The van der Waals surface area contributed by atoms with E-state index in [0.717, 1.165) is 30.7 Å². The summed E-state index contributed by atoms with van der Waals surface area (Å²) < 4.78 is 0. The van der Waals surface area contributed by atoms with Crippen LogP contribution in [0.1, 0.15) is 46.1 Å². The quantitative estimate of drug-likeness (QED) is 0.788. The third kappa shape index (κ3) is 3.29. The molecule has 0 aliphatic carbocycles. The average Bonchev–Trinajstić information content (AvgIpc) is 2.38. The van der Waals surface area contributed by atoms with Crippen molar-refractivity contribution in [1.82, 2.24) is 4.98 Å². The van der Waals surface area contributed by atoms with E-state index in [1.165, 1.54) is 18.4 Å². The molecule has 2 atom stereocenters. The van der Waals surface area contributed by atoms with Crippen LogP contribution in [0.15, 0.2) is 18.3 Å². The number of pyridine rings is 1. The largest absolute Gasteiger partial charge is 0.356 e. The number of aromatic nitrogens is 1. The van der Waals surface area contributed by atoms with Crippen LogP contribution in [-0.4, -0.2) is 18.1 Å². The van der Waals surface area contributed by atoms with Gasteiger partial charge in [-0.25, -0.2) is 4.98 Å². The summed E-state index contributed by atoms with van der Waals surface area (Å²) in [5.41, 5.74) is 1.66. The van der Waals surface area contributed by atoms with Gasteiger partial charge in [0.15, 0.2) is 0 Å². The lowest BCUT2D eigenvalue weighted by Crippen LogP contribution is -2.44. The lowest BCUT2D eigenvalue weighted by atomic mass is 9.68. The van der Waals surface area contributed by atoms with E-state index in [2.05, 4.69) is 56.6 Å². The van der Waals surface area contributed by atoms with Gasteiger partial charge in [-0.1, -0.05) is 40.2 Å². The maximum absolute atomic E-state index is 4.58. The summed E-state index contributed by atoms with van der Waals surface area (Å²) in [5.74, 6) is 2.77. The molecule has 1 aliphatic rings. The Morgan fingerprint density at radius 1 is 1.32 bits per heavy atom. The normalized spacial score (nSPS) is 24.6. The SMILES string of the molecule is CCC1CN(c2ccc(C)cn2)CCC1C(C)(C)C. The van der Waals surface area contributed by atoms with E-state index >= 15 is 0 Å². The predicted octanol–water partition coefficient (Wildman–Crippen LogP) is 4.29. The second-order valence-electron chi connectivity index (χ2n) is 7.07. The van der Waals surface area contributed by atoms with E-state index in [9.17, 15) is 0 Å². The number of hydrogen-bond donors (Lipinski definition) is 0. The fourth-order valence-electron chi connectivity index (χ4n) is 3.44. The van der Waals surface area contributed by atoms with Crippen LogP contribution in [-0.2, 0) is 0 Å². The molecule has 1 saturated heterocycles. The summed E-state index contributed by atoms with van der Waals surface area (Å²) in [6, 6.07) is 4.33. The molecular formula is C17H28N2. The van der Waals surface area contributed by atoms with Crippen molar-refractivity contribution < 1.29 is 0 Å². The standard InChI is InChI=1S/C17H28N2/c1-6-14-12-19(10-9-15(14)17(3,4)5)16-8-7-13(2)11-18-16/h7-8,11,14-15H,6,9-10,12H2,1-5H3. The molecule has 0 aromatic carbocycles. The first-order chi connectivity index (χ1) is 8.91. The smallest absolute Gasteiger partial charge is 0.128 e. The van der Waals surface area contributed by atoms with E-state index in [-0.39, 0.29) is 0 Å². The molecule has 0 amide bonds. The molecule has 1 aliphatic heterocycles. The Labute approximate surface area is 118 Å². The molecule has 2 heteroatoms. The Bertz CT molecular complexity index is 402. The Morgan fingerprint density at radius 3 is 2.58 bits per heavy atom. The third-order valence-corrected chi connectivity index (χ3v) is 4.59. The number of aryl methyl sites for hydroxylation is 1.